The summed E-state index contributed by atoms with van der Waals surface area (Å²) in [7, 11) is 0. The molecule has 0 bridgehead atoms. The highest BCUT2D eigenvalue weighted by atomic mass is 32.2. The average Bonchev–Trinajstić information content (AvgIpc) is 2.66. The van der Waals surface area contributed by atoms with Crippen molar-refractivity contribution < 1.29 is 14.3 Å². The third kappa shape index (κ3) is 2.89. The summed E-state index contributed by atoms with van der Waals surface area (Å²) in [6.45, 7) is 1.86. The highest BCUT2D eigenvalue weighted by molar-refractivity contribution is 8.13. The average molecular weight is 246 g/mol. The fourth-order valence-electron chi connectivity index (χ4n) is 1.47. The molecule has 3 nitrogen and oxygen atoms in total. The molecule has 1 aliphatic heterocycles. The Labute approximate surface area is 104 Å². The summed E-state index contributed by atoms with van der Waals surface area (Å²) in [4.78, 5) is 22.0. The van der Waals surface area contributed by atoms with Gasteiger partial charge in [-0.15, -0.1) is 0 Å². The minimum atomic E-state index is -0.290. The molecule has 0 aromatic heterocycles. The number of hydrogen-bond donors (Lipinski definition) is 0. The first-order valence-corrected chi connectivity index (χ1v) is 6.07. The molecule has 0 atom stereocenters. The van der Waals surface area contributed by atoms with Crippen LogP contribution in [0.4, 0.5) is 0 Å². The van der Waals surface area contributed by atoms with Crippen LogP contribution >= 0.6 is 11.8 Å². The Bertz CT molecular complexity index is 537. The van der Waals surface area contributed by atoms with Crippen LogP contribution in [0.15, 0.2) is 18.2 Å². The lowest BCUT2D eigenvalue weighted by Crippen LogP contribution is -1.93. The number of ether oxygens (including phenoxy) is 1. The first-order valence-electron chi connectivity index (χ1n) is 5.09. The Morgan fingerprint density at radius 2 is 2.35 bits per heavy atom. The molecule has 0 N–H and O–H groups in total. The second-order valence-corrected chi connectivity index (χ2v) is 4.68. The summed E-state index contributed by atoms with van der Waals surface area (Å²) in [5, 5.41) is 0.0526. The third-order valence-electron chi connectivity index (χ3n) is 2.27. The van der Waals surface area contributed by atoms with Crippen molar-refractivity contribution in [2.24, 2.45) is 0 Å². The van der Waals surface area contributed by atoms with E-state index in [0.29, 0.717) is 17.9 Å². The lowest BCUT2D eigenvalue weighted by Gasteiger charge is -1.94. The van der Waals surface area contributed by atoms with Crippen LogP contribution in [0.2, 0.25) is 0 Å². The molecule has 1 aliphatic rings. The highest BCUT2D eigenvalue weighted by Gasteiger charge is 2.20. The van der Waals surface area contributed by atoms with E-state index in [2.05, 4.69) is 11.8 Å². The van der Waals surface area contributed by atoms with E-state index >= 15 is 0 Å². The molecule has 0 unspecified atom stereocenters. The van der Waals surface area contributed by atoms with Crippen LogP contribution in [-0.2, 0) is 16.1 Å². The molecule has 0 aliphatic carbocycles. The van der Waals surface area contributed by atoms with Crippen LogP contribution in [0.5, 0.6) is 0 Å². The highest BCUT2D eigenvalue weighted by Crippen LogP contribution is 2.20. The van der Waals surface area contributed by atoms with Gasteiger partial charge in [0.1, 0.15) is 6.61 Å². The summed E-state index contributed by atoms with van der Waals surface area (Å²) in [6, 6.07) is 5.44. The molecule has 17 heavy (non-hydrogen) atoms. The van der Waals surface area contributed by atoms with E-state index in [9.17, 15) is 9.59 Å². The maximum absolute atomic E-state index is 11.3. The molecule has 0 amide bonds. The van der Waals surface area contributed by atoms with E-state index in [4.69, 9.17) is 4.74 Å². The maximum atomic E-state index is 11.3. The number of cyclic esters (lactones) is 1. The number of rotatable bonds is 1. The maximum Gasteiger partial charge on any atom is 0.338 e. The second-order valence-electron chi connectivity index (χ2n) is 3.53. The van der Waals surface area contributed by atoms with Crippen molar-refractivity contribution in [3.05, 3.63) is 34.9 Å². The van der Waals surface area contributed by atoms with Gasteiger partial charge in [0.15, 0.2) is 5.12 Å². The molecule has 0 spiro atoms. The predicted molar refractivity (Wildman–Crippen MR) is 65.6 cm³/mol. The summed E-state index contributed by atoms with van der Waals surface area (Å²) in [6.07, 6.45) is 0. The largest absolute Gasteiger partial charge is 0.457 e. The first kappa shape index (κ1) is 11.7. The fourth-order valence-corrected chi connectivity index (χ4v) is 1.81. The number of thioether (sulfide) groups is 1. The van der Waals surface area contributed by atoms with Gasteiger partial charge >= 0.3 is 5.97 Å². The van der Waals surface area contributed by atoms with Gasteiger partial charge in [-0.05, 0) is 12.1 Å². The minimum Gasteiger partial charge on any atom is -0.457 e. The summed E-state index contributed by atoms with van der Waals surface area (Å²) < 4.78 is 4.90. The molecule has 1 heterocycles. The second kappa shape index (κ2) is 5.07. The Balaban J connectivity index is 2.10. The molecule has 86 valence electrons. The molecular weight excluding hydrogens is 236 g/mol. The molecular formula is C13H10O3S. The molecule has 1 aromatic rings. The zero-order valence-corrected chi connectivity index (χ0v) is 10.1. The van der Waals surface area contributed by atoms with Crippen molar-refractivity contribution in [2.75, 3.05) is 5.75 Å². The molecule has 0 fully saturated rings. The van der Waals surface area contributed by atoms with Gasteiger partial charge < -0.3 is 4.74 Å². The molecule has 1 aromatic carbocycles. The molecule has 4 heteroatoms. The summed E-state index contributed by atoms with van der Waals surface area (Å²) in [5.74, 6) is 5.98. The Kier molecular flexibility index (Phi) is 3.50. The standard InChI is InChI=1S/C13H10O3S/c1-9(14)17-6-2-3-10-4-5-11-8-16-13(15)12(11)7-10/h4-5,7H,6,8H2,1H3. The quantitative estimate of drug-likeness (QED) is 0.561. The Morgan fingerprint density at radius 3 is 3.12 bits per heavy atom. The van der Waals surface area contributed by atoms with E-state index < -0.39 is 0 Å². The monoisotopic (exact) mass is 246 g/mol. The van der Waals surface area contributed by atoms with E-state index in [-0.39, 0.29) is 11.1 Å². The molecule has 0 saturated heterocycles. The lowest BCUT2D eigenvalue weighted by molar-refractivity contribution is -0.109. The predicted octanol–water partition coefficient (Wildman–Crippen LogP) is 1.99. The van der Waals surface area contributed by atoms with Crippen molar-refractivity contribution in [1.82, 2.24) is 0 Å². The molecule has 0 radical (unpaired) electrons. The van der Waals surface area contributed by atoms with Crippen LogP contribution in [-0.4, -0.2) is 16.8 Å². The van der Waals surface area contributed by atoms with Crippen molar-refractivity contribution >= 4 is 22.8 Å². The van der Waals surface area contributed by atoms with Crippen LogP contribution < -0.4 is 0 Å². The number of hydrogen-bond acceptors (Lipinski definition) is 4. The van der Waals surface area contributed by atoms with Crippen LogP contribution in [0.1, 0.15) is 28.4 Å². The third-order valence-corrected chi connectivity index (χ3v) is 2.96. The minimum absolute atomic E-state index is 0.0526. The molecule has 0 saturated carbocycles. The molecule has 2 rings (SSSR count). The van der Waals surface area contributed by atoms with Gasteiger partial charge in [0.25, 0.3) is 0 Å². The van der Waals surface area contributed by atoms with E-state index in [0.717, 1.165) is 11.1 Å². The van der Waals surface area contributed by atoms with E-state index in [1.54, 1.807) is 6.07 Å². The zero-order valence-electron chi connectivity index (χ0n) is 9.28. The van der Waals surface area contributed by atoms with Crippen LogP contribution in [0, 0.1) is 11.8 Å². The van der Waals surface area contributed by atoms with Crippen LogP contribution in [0.3, 0.4) is 0 Å². The number of benzene rings is 1. The van der Waals surface area contributed by atoms with Gasteiger partial charge in [-0.25, -0.2) is 4.79 Å². The van der Waals surface area contributed by atoms with Gasteiger partial charge in [0.05, 0.1) is 11.3 Å². The van der Waals surface area contributed by atoms with Gasteiger partial charge in [-0.2, -0.15) is 0 Å². The Hall–Kier alpha value is -1.73. The van der Waals surface area contributed by atoms with Gasteiger partial charge in [0, 0.05) is 18.1 Å². The number of esters is 1. The Morgan fingerprint density at radius 1 is 1.53 bits per heavy atom. The van der Waals surface area contributed by atoms with Crippen molar-refractivity contribution in [3.8, 4) is 11.8 Å². The first-order chi connectivity index (χ1) is 8.16. The zero-order chi connectivity index (χ0) is 12.3. The van der Waals surface area contributed by atoms with Gasteiger partial charge in [0.2, 0.25) is 0 Å². The van der Waals surface area contributed by atoms with Crippen molar-refractivity contribution in [1.29, 1.82) is 0 Å². The van der Waals surface area contributed by atoms with Crippen molar-refractivity contribution in [3.63, 3.8) is 0 Å². The van der Waals surface area contributed by atoms with Crippen molar-refractivity contribution in [2.45, 2.75) is 13.5 Å². The number of fused-ring (bicyclic) bond motifs is 1. The summed E-state index contributed by atoms with van der Waals surface area (Å²) >= 11 is 1.17. The van der Waals surface area contributed by atoms with E-state index in [1.165, 1.54) is 18.7 Å². The van der Waals surface area contributed by atoms with E-state index in [1.807, 2.05) is 12.1 Å². The number of carbonyl (C=O) groups is 2. The number of carbonyl (C=O) groups excluding carboxylic acids is 2. The van der Waals surface area contributed by atoms with Crippen LogP contribution in [0.25, 0.3) is 0 Å². The normalized spacial score (nSPS) is 12.4. The summed E-state index contributed by atoms with van der Waals surface area (Å²) in [5.41, 5.74) is 2.27. The van der Waals surface area contributed by atoms with Gasteiger partial charge in [-0.3, -0.25) is 4.79 Å². The fraction of sp³-hybridized carbons (Fsp3) is 0.231. The lowest BCUT2D eigenvalue weighted by atomic mass is 10.1. The van der Waals surface area contributed by atoms with Gasteiger partial charge in [-0.1, -0.05) is 29.7 Å². The smallest absolute Gasteiger partial charge is 0.338 e. The SMILES string of the molecule is CC(=O)SCC#Cc1ccc2c(c1)C(=O)OC2. The topological polar surface area (TPSA) is 43.4 Å².